The van der Waals surface area contributed by atoms with Crippen LogP contribution in [0.2, 0.25) is 0 Å². The van der Waals surface area contributed by atoms with E-state index in [1.54, 1.807) is 12.1 Å². The van der Waals surface area contributed by atoms with Crippen LogP contribution in [0.4, 0.5) is 13.2 Å². The fraction of sp³-hybridized carbons (Fsp3) is 0.222. The lowest BCUT2D eigenvalue weighted by Gasteiger charge is -2.14. The van der Waals surface area contributed by atoms with Gasteiger partial charge in [-0.2, -0.15) is 0 Å². The summed E-state index contributed by atoms with van der Waals surface area (Å²) < 4.78 is 44.6. The largest absolute Gasteiger partial charge is 0.449 e. The second-order valence-corrected chi connectivity index (χ2v) is 5.31. The SMILES string of the molecule is C[C@H](OC(=O)c1c(F)cccc1F)C(=O)NCCc1ccc(F)cc1. The van der Waals surface area contributed by atoms with E-state index < -0.39 is 35.2 Å². The molecule has 0 aliphatic heterocycles. The van der Waals surface area contributed by atoms with Crippen molar-refractivity contribution in [2.24, 2.45) is 0 Å². The summed E-state index contributed by atoms with van der Waals surface area (Å²) in [6.45, 7) is 1.53. The lowest BCUT2D eigenvalue weighted by molar-refractivity contribution is -0.129. The Labute approximate surface area is 142 Å². The minimum absolute atomic E-state index is 0.237. The van der Waals surface area contributed by atoms with Gasteiger partial charge in [0, 0.05) is 6.54 Å². The molecule has 0 aliphatic rings. The van der Waals surface area contributed by atoms with Gasteiger partial charge in [-0.3, -0.25) is 4.79 Å². The number of hydrogen-bond donors (Lipinski definition) is 1. The van der Waals surface area contributed by atoms with E-state index >= 15 is 0 Å². The Morgan fingerprint density at radius 2 is 1.64 bits per heavy atom. The number of carbonyl (C=O) groups excluding carboxylic acids is 2. The number of nitrogens with one attached hydrogen (secondary N) is 1. The van der Waals surface area contributed by atoms with Crippen molar-refractivity contribution in [3.63, 3.8) is 0 Å². The van der Waals surface area contributed by atoms with Crippen molar-refractivity contribution in [1.82, 2.24) is 5.32 Å². The summed E-state index contributed by atoms with van der Waals surface area (Å²) in [4.78, 5) is 23.7. The van der Waals surface area contributed by atoms with E-state index in [0.29, 0.717) is 6.42 Å². The molecule has 7 heteroatoms. The molecule has 0 aromatic heterocycles. The van der Waals surface area contributed by atoms with Crippen LogP contribution in [0, 0.1) is 17.5 Å². The first-order valence-electron chi connectivity index (χ1n) is 7.55. The van der Waals surface area contributed by atoms with Gasteiger partial charge in [0.05, 0.1) is 0 Å². The Morgan fingerprint density at radius 1 is 1.04 bits per heavy atom. The third-order valence-electron chi connectivity index (χ3n) is 3.45. The van der Waals surface area contributed by atoms with Crippen molar-refractivity contribution in [1.29, 1.82) is 0 Å². The number of amides is 1. The molecule has 0 aliphatic carbocycles. The topological polar surface area (TPSA) is 55.4 Å². The highest BCUT2D eigenvalue weighted by Crippen LogP contribution is 2.14. The van der Waals surface area contributed by atoms with Crippen LogP contribution in [0.3, 0.4) is 0 Å². The molecule has 4 nitrogen and oxygen atoms in total. The Hall–Kier alpha value is -2.83. The zero-order chi connectivity index (χ0) is 18.4. The Bertz CT molecular complexity index is 742. The number of hydrogen-bond acceptors (Lipinski definition) is 3. The number of benzene rings is 2. The molecule has 0 spiro atoms. The molecule has 0 unspecified atom stereocenters. The van der Waals surface area contributed by atoms with Gasteiger partial charge in [0.2, 0.25) is 0 Å². The molecule has 132 valence electrons. The summed E-state index contributed by atoms with van der Waals surface area (Å²) in [5.41, 5.74) is -0.0202. The molecule has 2 rings (SSSR count). The first kappa shape index (κ1) is 18.5. The van der Waals surface area contributed by atoms with E-state index in [1.165, 1.54) is 19.1 Å². The van der Waals surface area contributed by atoms with Crippen LogP contribution in [-0.2, 0) is 16.0 Å². The highest BCUT2D eigenvalue weighted by Gasteiger charge is 2.23. The summed E-state index contributed by atoms with van der Waals surface area (Å²) in [7, 11) is 0. The van der Waals surface area contributed by atoms with Crippen molar-refractivity contribution in [2.45, 2.75) is 19.4 Å². The standard InChI is InChI=1S/C18H16F3NO3/c1-11(25-18(24)16-14(20)3-2-4-15(16)21)17(23)22-10-9-12-5-7-13(19)8-6-12/h2-8,11H,9-10H2,1H3,(H,22,23)/t11-/m0/s1. The number of ether oxygens (including phenoxy) is 1. The van der Waals surface area contributed by atoms with Crippen molar-refractivity contribution in [3.05, 3.63) is 71.0 Å². The maximum absolute atomic E-state index is 13.5. The first-order chi connectivity index (χ1) is 11.9. The Morgan fingerprint density at radius 3 is 2.24 bits per heavy atom. The van der Waals surface area contributed by atoms with Crippen molar-refractivity contribution >= 4 is 11.9 Å². The molecule has 0 bridgehead atoms. The van der Waals surface area contributed by atoms with E-state index in [9.17, 15) is 22.8 Å². The van der Waals surface area contributed by atoms with E-state index in [-0.39, 0.29) is 12.4 Å². The normalized spacial score (nSPS) is 11.7. The van der Waals surface area contributed by atoms with Crippen LogP contribution in [0.25, 0.3) is 0 Å². The molecule has 1 amide bonds. The quantitative estimate of drug-likeness (QED) is 0.814. The number of rotatable bonds is 6. The molecule has 1 N–H and O–H groups in total. The van der Waals surface area contributed by atoms with Gasteiger partial charge in [0.1, 0.15) is 23.0 Å². The summed E-state index contributed by atoms with van der Waals surface area (Å²) in [5, 5.41) is 2.53. The fourth-order valence-corrected chi connectivity index (χ4v) is 2.09. The van der Waals surface area contributed by atoms with Gasteiger partial charge in [-0.05, 0) is 43.2 Å². The van der Waals surface area contributed by atoms with Crippen molar-refractivity contribution < 1.29 is 27.5 Å². The predicted molar refractivity (Wildman–Crippen MR) is 84.3 cm³/mol. The van der Waals surface area contributed by atoms with E-state index in [0.717, 1.165) is 23.8 Å². The molecular weight excluding hydrogens is 335 g/mol. The molecule has 2 aromatic rings. The van der Waals surface area contributed by atoms with Crippen molar-refractivity contribution in [3.8, 4) is 0 Å². The van der Waals surface area contributed by atoms with Crippen molar-refractivity contribution in [2.75, 3.05) is 6.54 Å². The van der Waals surface area contributed by atoms with Crippen LogP contribution in [0.5, 0.6) is 0 Å². The molecule has 0 saturated carbocycles. The summed E-state index contributed by atoms with van der Waals surface area (Å²) in [6.07, 6.45) is -0.769. The van der Waals surface area contributed by atoms with Crippen LogP contribution in [0.1, 0.15) is 22.8 Å². The molecule has 1 atom stereocenters. The van der Waals surface area contributed by atoms with Gasteiger partial charge in [0.15, 0.2) is 6.10 Å². The van der Waals surface area contributed by atoms with Gasteiger partial charge < -0.3 is 10.1 Å². The maximum Gasteiger partial charge on any atom is 0.344 e. The van der Waals surface area contributed by atoms with E-state index in [1.807, 2.05) is 0 Å². The number of halogens is 3. The highest BCUT2D eigenvalue weighted by atomic mass is 19.1. The Kier molecular flexibility index (Phi) is 6.16. The third-order valence-corrected chi connectivity index (χ3v) is 3.45. The molecule has 0 fully saturated rings. The van der Waals surface area contributed by atoms with Crippen LogP contribution in [-0.4, -0.2) is 24.5 Å². The Balaban J connectivity index is 1.85. The second kappa shape index (κ2) is 8.32. The van der Waals surface area contributed by atoms with Crippen LogP contribution >= 0.6 is 0 Å². The lowest BCUT2D eigenvalue weighted by Crippen LogP contribution is -2.37. The van der Waals surface area contributed by atoms with Gasteiger partial charge in [0.25, 0.3) is 5.91 Å². The zero-order valence-electron chi connectivity index (χ0n) is 13.4. The lowest BCUT2D eigenvalue weighted by atomic mass is 10.1. The fourth-order valence-electron chi connectivity index (χ4n) is 2.09. The minimum Gasteiger partial charge on any atom is -0.449 e. The smallest absolute Gasteiger partial charge is 0.344 e. The van der Waals surface area contributed by atoms with Gasteiger partial charge in [-0.1, -0.05) is 18.2 Å². The monoisotopic (exact) mass is 351 g/mol. The van der Waals surface area contributed by atoms with Crippen LogP contribution < -0.4 is 5.32 Å². The molecule has 25 heavy (non-hydrogen) atoms. The molecule has 0 radical (unpaired) electrons. The van der Waals surface area contributed by atoms with Gasteiger partial charge >= 0.3 is 5.97 Å². The predicted octanol–water partition coefficient (Wildman–Crippen LogP) is 3.01. The van der Waals surface area contributed by atoms with E-state index in [4.69, 9.17) is 4.74 Å². The summed E-state index contributed by atoms with van der Waals surface area (Å²) >= 11 is 0. The minimum atomic E-state index is -1.25. The van der Waals surface area contributed by atoms with Crippen LogP contribution in [0.15, 0.2) is 42.5 Å². The number of carbonyl (C=O) groups is 2. The average molecular weight is 351 g/mol. The first-order valence-corrected chi connectivity index (χ1v) is 7.55. The third kappa shape index (κ3) is 5.07. The van der Waals surface area contributed by atoms with E-state index in [2.05, 4.69) is 5.32 Å². The molecule has 0 heterocycles. The molecule has 0 saturated heterocycles. The zero-order valence-corrected chi connectivity index (χ0v) is 13.4. The van der Waals surface area contributed by atoms with Gasteiger partial charge in [-0.15, -0.1) is 0 Å². The molecule has 2 aromatic carbocycles. The second-order valence-electron chi connectivity index (χ2n) is 5.31. The number of esters is 1. The summed E-state index contributed by atoms with van der Waals surface area (Å²) in [6, 6.07) is 8.76. The molecular formula is C18H16F3NO3. The average Bonchev–Trinajstić information content (AvgIpc) is 2.56. The van der Waals surface area contributed by atoms with Gasteiger partial charge in [-0.25, -0.2) is 18.0 Å². The highest BCUT2D eigenvalue weighted by molar-refractivity contribution is 5.92. The maximum atomic E-state index is 13.5. The summed E-state index contributed by atoms with van der Waals surface area (Å²) in [5.74, 6) is -4.33.